The lowest BCUT2D eigenvalue weighted by molar-refractivity contribution is 0.0932. The van der Waals surface area contributed by atoms with Crippen molar-refractivity contribution < 1.29 is 4.79 Å². The van der Waals surface area contributed by atoms with Gasteiger partial charge in [0.1, 0.15) is 5.56 Å². The summed E-state index contributed by atoms with van der Waals surface area (Å²) in [6.45, 7) is 4.16. The topological polar surface area (TPSA) is 74.8 Å². The Kier molecular flexibility index (Phi) is 6.09. The summed E-state index contributed by atoms with van der Waals surface area (Å²) in [5, 5.41) is 2.94. The summed E-state index contributed by atoms with van der Waals surface area (Å²) in [6, 6.07) is 8.85. The van der Waals surface area contributed by atoms with Crippen LogP contribution in [0, 0.1) is 0 Å². The summed E-state index contributed by atoms with van der Waals surface area (Å²) in [5.74, 6) is -0.318. The van der Waals surface area contributed by atoms with Crippen LogP contribution in [0.3, 0.4) is 0 Å². The molecule has 2 rings (SSSR count). The first-order valence-corrected chi connectivity index (χ1v) is 8.11. The number of hydrogen-bond acceptors (Lipinski definition) is 3. The molecule has 0 aliphatic heterocycles. The maximum atomic E-state index is 12.3. The Balaban J connectivity index is 2.14. The van der Waals surface area contributed by atoms with Gasteiger partial charge in [0.25, 0.3) is 11.5 Å². The smallest absolute Gasteiger partial charge is 0.261 e. The third-order valence-electron chi connectivity index (χ3n) is 3.83. The van der Waals surface area contributed by atoms with E-state index in [1.165, 1.54) is 0 Å². The highest BCUT2D eigenvalue weighted by molar-refractivity contribution is 5.94. The predicted molar refractivity (Wildman–Crippen MR) is 91.4 cm³/mol. The number of aromatic amines is 1. The minimum atomic E-state index is -0.393. The number of carbonyl (C=O) groups is 1. The molecule has 23 heavy (non-hydrogen) atoms. The molecule has 0 radical (unpaired) electrons. The number of carbonyl (C=O) groups excluding carboxylic acids is 1. The van der Waals surface area contributed by atoms with Gasteiger partial charge in [0.15, 0.2) is 0 Å². The van der Waals surface area contributed by atoms with E-state index >= 15 is 0 Å². The third kappa shape index (κ3) is 4.52. The standard InChI is InChI=1S/C18H23N3O2/c1-3-5-8-13(4-2)20-17(22)14-10-11-16(21-18(14)23)15-9-6-7-12-19-15/h6-7,9-13H,3-5,8H2,1-2H3,(H,20,22)(H,21,23)/t13-/m1/s1. The van der Waals surface area contributed by atoms with Gasteiger partial charge < -0.3 is 10.3 Å². The Morgan fingerprint density at radius 1 is 1.26 bits per heavy atom. The second kappa shape index (κ2) is 8.27. The summed E-state index contributed by atoms with van der Waals surface area (Å²) in [5.41, 5.74) is 1.02. The molecule has 0 aromatic carbocycles. The second-order valence-electron chi connectivity index (χ2n) is 5.55. The van der Waals surface area contributed by atoms with E-state index in [2.05, 4.69) is 22.2 Å². The maximum Gasteiger partial charge on any atom is 0.261 e. The van der Waals surface area contributed by atoms with Crippen LogP contribution in [0.2, 0.25) is 0 Å². The van der Waals surface area contributed by atoms with Crippen molar-refractivity contribution in [3.05, 3.63) is 52.4 Å². The van der Waals surface area contributed by atoms with Gasteiger partial charge in [0.2, 0.25) is 0 Å². The van der Waals surface area contributed by atoms with Crippen LogP contribution >= 0.6 is 0 Å². The summed E-state index contributed by atoms with van der Waals surface area (Å²) in [4.78, 5) is 31.4. The number of pyridine rings is 2. The lowest BCUT2D eigenvalue weighted by Crippen LogP contribution is -2.37. The molecule has 5 nitrogen and oxygen atoms in total. The molecule has 1 amide bonds. The van der Waals surface area contributed by atoms with Crippen LogP contribution in [0.15, 0.2) is 41.3 Å². The van der Waals surface area contributed by atoms with E-state index in [9.17, 15) is 9.59 Å². The number of rotatable bonds is 7. The van der Waals surface area contributed by atoms with Crippen LogP contribution in [0.4, 0.5) is 0 Å². The molecule has 0 saturated carbocycles. The van der Waals surface area contributed by atoms with Crippen LogP contribution in [0.1, 0.15) is 49.9 Å². The summed E-state index contributed by atoms with van der Waals surface area (Å²) in [7, 11) is 0. The molecule has 0 spiro atoms. The van der Waals surface area contributed by atoms with Crippen molar-refractivity contribution in [2.45, 2.75) is 45.6 Å². The number of H-pyrrole nitrogens is 1. The molecular weight excluding hydrogens is 290 g/mol. The zero-order chi connectivity index (χ0) is 16.7. The lowest BCUT2D eigenvalue weighted by atomic mass is 10.1. The lowest BCUT2D eigenvalue weighted by Gasteiger charge is -2.16. The Morgan fingerprint density at radius 3 is 2.70 bits per heavy atom. The van der Waals surface area contributed by atoms with Gasteiger partial charge in [-0.2, -0.15) is 0 Å². The molecule has 2 aromatic heterocycles. The Bertz CT molecular complexity index is 695. The van der Waals surface area contributed by atoms with Crippen molar-refractivity contribution in [2.75, 3.05) is 0 Å². The largest absolute Gasteiger partial charge is 0.349 e. The molecule has 5 heteroatoms. The van der Waals surface area contributed by atoms with Crippen molar-refractivity contribution in [1.29, 1.82) is 0 Å². The van der Waals surface area contributed by atoms with Crippen LogP contribution < -0.4 is 10.9 Å². The minimum absolute atomic E-state index is 0.109. The summed E-state index contributed by atoms with van der Waals surface area (Å²) >= 11 is 0. The number of unbranched alkanes of at least 4 members (excludes halogenated alkanes) is 1. The molecule has 2 N–H and O–H groups in total. The van der Waals surface area contributed by atoms with Gasteiger partial charge in [0.05, 0.1) is 11.4 Å². The first-order valence-electron chi connectivity index (χ1n) is 8.11. The minimum Gasteiger partial charge on any atom is -0.349 e. The van der Waals surface area contributed by atoms with Crippen molar-refractivity contribution in [2.24, 2.45) is 0 Å². The highest BCUT2D eigenvalue weighted by Gasteiger charge is 2.15. The zero-order valence-corrected chi connectivity index (χ0v) is 13.6. The van der Waals surface area contributed by atoms with E-state index in [1.54, 1.807) is 18.3 Å². The van der Waals surface area contributed by atoms with Gasteiger partial charge >= 0.3 is 0 Å². The molecule has 0 aliphatic carbocycles. The van der Waals surface area contributed by atoms with Crippen molar-refractivity contribution in [3.63, 3.8) is 0 Å². The van der Waals surface area contributed by atoms with Crippen LogP contribution in [-0.4, -0.2) is 21.9 Å². The van der Waals surface area contributed by atoms with Gasteiger partial charge in [-0.25, -0.2) is 0 Å². The van der Waals surface area contributed by atoms with Gasteiger partial charge in [-0.05, 0) is 37.1 Å². The van der Waals surface area contributed by atoms with Crippen molar-refractivity contribution in [1.82, 2.24) is 15.3 Å². The third-order valence-corrected chi connectivity index (χ3v) is 3.83. The van der Waals surface area contributed by atoms with E-state index in [0.29, 0.717) is 11.4 Å². The van der Waals surface area contributed by atoms with E-state index in [4.69, 9.17) is 0 Å². The van der Waals surface area contributed by atoms with Gasteiger partial charge in [-0.15, -0.1) is 0 Å². The molecule has 2 aromatic rings. The monoisotopic (exact) mass is 313 g/mol. The van der Waals surface area contributed by atoms with E-state index in [-0.39, 0.29) is 17.5 Å². The Morgan fingerprint density at radius 2 is 2.09 bits per heavy atom. The summed E-state index contributed by atoms with van der Waals surface area (Å²) in [6.07, 6.45) is 5.60. The zero-order valence-electron chi connectivity index (χ0n) is 13.6. The quantitative estimate of drug-likeness (QED) is 0.824. The second-order valence-corrected chi connectivity index (χ2v) is 5.55. The normalized spacial score (nSPS) is 11.9. The maximum absolute atomic E-state index is 12.3. The van der Waals surface area contributed by atoms with Crippen molar-refractivity contribution >= 4 is 5.91 Å². The molecule has 0 unspecified atom stereocenters. The molecular formula is C18H23N3O2. The molecule has 122 valence electrons. The Hall–Kier alpha value is -2.43. The average Bonchev–Trinajstić information content (AvgIpc) is 2.59. The molecule has 0 saturated heterocycles. The molecule has 0 bridgehead atoms. The van der Waals surface area contributed by atoms with Crippen molar-refractivity contribution in [3.8, 4) is 11.4 Å². The number of nitrogens with one attached hydrogen (secondary N) is 2. The van der Waals surface area contributed by atoms with Gasteiger partial charge in [-0.3, -0.25) is 14.6 Å². The van der Waals surface area contributed by atoms with Gasteiger partial charge in [-0.1, -0.05) is 32.8 Å². The van der Waals surface area contributed by atoms with Crippen LogP contribution in [0.25, 0.3) is 11.4 Å². The SMILES string of the molecule is CCCC[C@@H](CC)NC(=O)c1ccc(-c2ccccn2)[nH]c1=O. The molecule has 2 heterocycles. The molecule has 0 aliphatic rings. The van der Waals surface area contributed by atoms with Crippen LogP contribution in [-0.2, 0) is 0 Å². The van der Waals surface area contributed by atoms with E-state index < -0.39 is 5.56 Å². The molecule has 0 fully saturated rings. The number of aromatic nitrogens is 2. The fourth-order valence-electron chi connectivity index (χ4n) is 2.42. The summed E-state index contributed by atoms with van der Waals surface area (Å²) < 4.78 is 0. The number of amides is 1. The molecule has 1 atom stereocenters. The fourth-order valence-corrected chi connectivity index (χ4v) is 2.42. The first kappa shape index (κ1) is 16.9. The highest BCUT2D eigenvalue weighted by Crippen LogP contribution is 2.12. The number of nitrogens with zero attached hydrogens (tertiary/aromatic N) is 1. The van der Waals surface area contributed by atoms with Crippen LogP contribution in [0.5, 0.6) is 0 Å². The first-order chi connectivity index (χ1) is 11.2. The fraction of sp³-hybridized carbons (Fsp3) is 0.389. The average molecular weight is 313 g/mol. The Labute approximate surface area is 136 Å². The van der Waals surface area contributed by atoms with E-state index in [1.807, 2.05) is 25.1 Å². The predicted octanol–water partition coefficient (Wildman–Crippen LogP) is 3.14. The number of hydrogen-bond donors (Lipinski definition) is 2. The van der Waals surface area contributed by atoms with E-state index in [0.717, 1.165) is 25.7 Å². The highest BCUT2D eigenvalue weighted by atomic mass is 16.2. The van der Waals surface area contributed by atoms with Gasteiger partial charge in [0, 0.05) is 12.2 Å².